The molecule has 4 N–H and O–H groups in total. The summed E-state index contributed by atoms with van der Waals surface area (Å²) in [6.07, 6.45) is 1.51. The Morgan fingerprint density at radius 2 is 1.97 bits per heavy atom. The van der Waals surface area contributed by atoms with E-state index in [1.54, 1.807) is 19.1 Å². The molecule has 1 aliphatic rings. The van der Waals surface area contributed by atoms with E-state index in [1.165, 1.54) is 22.6 Å². The molecule has 7 nitrogen and oxygen atoms in total. The van der Waals surface area contributed by atoms with Gasteiger partial charge in [0.25, 0.3) is 0 Å². The number of fused-ring (bicyclic) bond motifs is 1. The molecule has 0 saturated heterocycles. The van der Waals surface area contributed by atoms with Gasteiger partial charge >= 0.3 is 12.0 Å². The second-order valence-corrected chi connectivity index (χ2v) is 7.46. The Hall–Kier alpha value is -3.58. The number of carbonyl (C=O) groups excluding carboxylic acids is 2. The summed E-state index contributed by atoms with van der Waals surface area (Å²) in [6.45, 7) is 4.51. The number of ether oxygens (including phenoxy) is 1. The summed E-state index contributed by atoms with van der Waals surface area (Å²) in [6, 6.07) is 17.0. The van der Waals surface area contributed by atoms with E-state index in [4.69, 9.17) is 9.15 Å². The number of esters is 1. The number of hydrogen-bond acceptors (Lipinski definition) is 4. The van der Waals surface area contributed by atoms with Gasteiger partial charge in [0.1, 0.15) is 24.4 Å². The van der Waals surface area contributed by atoms with Crippen molar-refractivity contribution in [2.45, 2.75) is 25.9 Å². The number of hydrogen-bond donors (Lipinski definition) is 3. The Balaban J connectivity index is 1.64. The Bertz CT molecular complexity index is 1120. The molecular weight excluding hydrogens is 394 g/mol. The largest absolute Gasteiger partial charge is 0.467 e. The normalized spacial score (nSPS) is 17.2. The fourth-order valence-corrected chi connectivity index (χ4v) is 3.97. The van der Waals surface area contributed by atoms with Crippen LogP contribution in [0.5, 0.6) is 0 Å². The molecule has 0 radical (unpaired) electrons. The van der Waals surface area contributed by atoms with Crippen LogP contribution in [0.3, 0.4) is 0 Å². The molecule has 160 valence electrons. The predicted octanol–water partition coefficient (Wildman–Crippen LogP) is 2.93. The minimum Gasteiger partial charge on any atom is -0.467 e. The molecule has 2 heterocycles. The monoisotopic (exact) mass is 420 g/mol. The zero-order valence-corrected chi connectivity index (χ0v) is 17.6. The van der Waals surface area contributed by atoms with E-state index in [-0.39, 0.29) is 18.7 Å². The van der Waals surface area contributed by atoms with Gasteiger partial charge < -0.3 is 25.1 Å². The van der Waals surface area contributed by atoms with Gasteiger partial charge in [-0.15, -0.1) is 0 Å². The lowest BCUT2D eigenvalue weighted by molar-refractivity contribution is -0.686. The number of furan rings is 1. The van der Waals surface area contributed by atoms with Crippen molar-refractivity contribution in [1.82, 2.24) is 10.6 Å². The molecule has 2 amide bonds. The standard InChI is InChI=1S/C24H25N3O4/c1-3-30-23(28)21-19(26-24(29)27-22(21)20-12-7-13-31-20)14-25-15(2)17-11-6-9-16-8-4-5-10-18(16)17/h4-13,15,22,25H,3,14H2,1-2H3,(H2,26,27,29)/p+1/t15-,22+/m1/s1. The first kappa shape index (κ1) is 20.7. The topological polar surface area (TPSA) is 97.2 Å². The number of quaternary nitrogens is 1. The van der Waals surface area contributed by atoms with Crippen LogP contribution in [-0.4, -0.2) is 25.2 Å². The average molecular weight is 420 g/mol. The number of rotatable bonds is 7. The number of carbonyl (C=O) groups is 2. The second kappa shape index (κ2) is 9.06. The maximum absolute atomic E-state index is 12.8. The van der Waals surface area contributed by atoms with Gasteiger partial charge in [-0.05, 0) is 36.8 Å². The Morgan fingerprint density at radius 1 is 1.16 bits per heavy atom. The van der Waals surface area contributed by atoms with Crippen LogP contribution in [0, 0.1) is 0 Å². The van der Waals surface area contributed by atoms with Gasteiger partial charge in [-0.2, -0.15) is 0 Å². The third-order valence-corrected chi connectivity index (χ3v) is 5.47. The zero-order chi connectivity index (χ0) is 21.8. The molecule has 0 unspecified atom stereocenters. The SMILES string of the molecule is CCOC(=O)C1=C(C[NH2+][C@H](C)c2cccc3ccccc23)NC(=O)N[C@H]1c1ccco1. The molecule has 0 aliphatic carbocycles. The van der Waals surface area contributed by atoms with Crippen LogP contribution in [0.25, 0.3) is 10.8 Å². The summed E-state index contributed by atoms with van der Waals surface area (Å²) in [5.74, 6) is 0.00937. The molecule has 0 saturated carbocycles. The first-order valence-corrected chi connectivity index (χ1v) is 10.4. The van der Waals surface area contributed by atoms with Gasteiger partial charge in [-0.1, -0.05) is 42.5 Å². The predicted molar refractivity (Wildman–Crippen MR) is 116 cm³/mol. The molecule has 31 heavy (non-hydrogen) atoms. The lowest BCUT2D eigenvalue weighted by atomic mass is 9.98. The fraction of sp³-hybridized carbons (Fsp3) is 0.250. The summed E-state index contributed by atoms with van der Waals surface area (Å²) in [5.41, 5.74) is 2.08. The quantitative estimate of drug-likeness (QED) is 0.512. The Kier molecular flexibility index (Phi) is 6.04. The lowest BCUT2D eigenvalue weighted by Crippen LogP contribution is -2.86. The average Bonchev–Trinajstić information content (AvgIpc) is 3.31. The molecule has 0 bridgehead atoms. The molecule has 0 fully saturated rings. The van der Waals surface area contributed by atoms with Crippen molar-refractivity contribution in [2.24, 2.45) is 0 Å². The zero-order valence-electron chi connectivity index (χ0n) is 17.6. The molecule has 1 aromatic heterocycles. The van der Waals surface area contributed by atoms with Crippen LogP contribution in [0.4, 0.5) is 4.79 Å². The van der Waals surface area contributed by atoms with E-state index < -0.39 is 12.0 Å². The van der Waals surface area contributed by atoms with E-state index in [2.05, 4.69) is 47.1 Å². The van der Waals surface area contributed by atoms with Crippen LogP contribution in [-0.2, 0) is 9.53 Å². The van der Waals surface area contributed by atoms with Crippen molar-refractivity contribution < 1.29 is 24.1 Å². The highest BCUT2D eigenvalue weighted by molar-refractivity contribution is 5.95. The van der Waals surface area contributed by atoms with Crippen LogP contribution in [0.2, 0.25) is 0 Å². The van der Waals surface area contributed by atoms with Crippen molar-refractivity contribution in [3.05, 3.63) is 83.5 Å². The van der Waals surface area contributed by atoms with Gasteiger partial charge in [-0.3, -0.25) is 0 Å². The maximum atomic E-state index is 12.8. The molecule has 2 atom stereocenters. The van der Waals surface area contributed by atoms with Crippen molar-refractivity contribution in [2.75, 3.05) is 13.2 Å². The van der Waals surface area contributed by atoms with E-state index in [0.29, 0.717) is 23.6 Å². The summed E-state index contributed by atoms with van der Waals surface area (Å²) in [4.78, 5) is 25.1. The molecule has 0 spiro atoms. The van der Waals surface area contributed by atoms with Gasteiger partial charge in [-0.25, -0.2) is 9.59 Å². The molecule has 1 aliphatic heterocycles. The number of benzene rings is 2. The smallest absolute Gasteiger partial charge is 0.338 e. The Labute approximate surface area is 180 Å². The van der Waals surface area contributed by atoms with Gasteiger partial charge in [0.2, 0.25) is 0 Å². The molecular formula is C24H26N3O4+. The minimum absolute atomic E-state index is 0.107. The van der Waals surface area contributed by atoms with E-state index >= 15 is 0 Å². The molecule has 2 aromatic carbocycles. The highest BCUT2D eigenvalue weighted by Gasteiger charge is 2.36. The van der Waals surface area contributed by atoms with Gasteiger partial charge in [0.15, 0.2) is 0 Å². The highest BCUT2D eigenvalue weighted by Crippen LogP contribution is 2.28. The first-order chi connectivity index (χ1) is 15.1. The minimum atomic E-state index is -0.695. The van der Waals surface area contributed by atoms with E-state index in [0.717, 1.165) is 0 Å². The highest BCUT2D eigenvalue weighted by atomic mass is 16.5. The van der Waals surface area contributed by atoms with Crippen LogP contribution < -0.4 is 16.0 Å². The number of urea groups is 1. The maximum Gasteiger partial charge on any atom is 0.338 e. The van der Waals surface area contributed by atoms with Crippen molar-refractivity contribution in [3.8, 4) is 0 Å². The number of amides is 2. The molecule has 7 heteroatoms. The van der Waals surface area contributed by atoms with Gasteiger partial charge in [0, 0.05) is 5.56 Å². The molecule has 3 aromatic rings. The van der Waals surface area contributed by atoms with Gasteiger partial charge in [0.05, 0.1) is 24.1 Å². The Morgan fingerprint density at radius 3 is 2.74 bits per heavy atom. The number of nitrogens with one attached hydrogen (secondary N) is 2. The van der Waals surface area contributed by atoms with Crippen LogP contribution in [0.1, 0.15) is 37.3 Å². The third kappa shape index (κ3) is 4.32. The van der Waals surface area contributed by atoms with E-state index in [9.17, 15) is 9.59 Å². The second-order valence-electron chi connectivity index (χ2n) is 7.46. The third-order valence-electron chi connectivity index (χ3n) is 5.47. The summed E-state index contributed by atoms with van der Waals surface area (Å²) in [7, 11) is 0. The van der Waals surface area contributed by atoms with Crippen LogP contribution in [0.15, 0.2) is 76.5 Å². The first-order valence-electron chi connectivity index (χ1n) is 10.4. The summed E-state index contributed by atoms with van der Waals surface area (Å²) in [5, 5.41) is 10.0. The molecule has 4 rings (SSSR count). The number of nitrogens with two attached hydrogens (primary N) is 1. The lowest BCUT2D eigenvalue weighted by Gasteiger charge is -2.27. The van der Waals surface area contributed by atoms with E-state index in [1.807, 2.05) is 18.2 Å². The van der Waals surface area contributed by atoms with Crippen molar-refractivity contribution in [1.29, 1.82) is 0 Å². The summed E-state index contributed by atoms with van der Waals surface area (Å²) >= 11 is 0. The fourth-order valence-electron chi connectivity index (χ4n) is 3.97. The summed E-state index contributed by atoms with van der Waals surface area (Å²) < 4.78 is 10.8. The van der Waals surface area contributed by atoms with Crippen molar-refractivity contribution >= 4 is 22.8 Å². The van der Waals surface area contributed by atoms with Crippen molar-refractivity contribution in [3.63, 3.8) is 0 Å². The van der Waals surface area contributed by atoms with Crippen LogP contribution >= 0.6 is 0 Å².